The second-order valence-electron chi connectivity index (χ2n) is 4.42. The van der Waals surface area contributed by atoms with Crippen molar-refractivity contribution in [3.05, 3.63) is 29.6 Å². The van der Waals surface area contributed by atoms with Gasteiger partial charge < -0.3 is 0 Å². The maximum absolute atomic E-state index is 12.0. The molecule has 0 radical (unpaired) electrons. The first-order valence-corrected chi connectivity index (χ1v) is 5.65. The first kappa shape index (κ1) is 11.0. The molecule has 0 aromatic carbocycles. The molecule has 0 saturated heterocycles. The van der Waals surface area contributed by atoms with Crippen LogP contribution in [0.5, 0.6) is 0 Å². The van der Waals surface area contributed by atoms with E-state index >= 15 is 0 Å². The SMILES string of the molecule is Cc1ccc(C(=O)C2CCCC(=O)C2)nc1. The van der Waals surface area contributed by atoms with Crippen molar-refractivity contribution in [2.24, 2.45) is 5.92 Å². The van der Waals surface area contributed by atoms with Gasteiger partial charge in [-0.2, -0.15) is 0 Å². The Hall–Kier alpha value is -1.51. The van der Waals surface area contributed by atoms with Gasteiger partial charge in [0.1, 0.15) is 11.5 Å². The van der Waals surface area contributed by atoms with Crippen LogP contribution in [-0.4, -0.2) is 16.6 Å². The van der Waals surface area contributed by atoms with E-state index < -0.39 is 0 Å². The van der Waals surface area contributed by atoms with E-state index in [-0.39, 0.29) is 17.5 Å². The van der Waals surface area contributed by atoms with Gasteiger partial charge in [-0.1, -0.05) is 6.07 Å². The first-order chi connectivity index (χ1) is 7.66. The van der Waals surface area contributed by atoms with Gasteiger partial charge in [-0.3, -0.25) is 14.6 Å². The largest absolute Gasteiger partial charge is 0.300 e. The Bertz CT molecular complexity index is 408. The lowest BCUT2D eigenvalue weighted by molar-refractivity contribution is -0.121. The van der Waals surface area contributed by atoms with E-state index in [1.54, 1.807) is 12.3 Å². The summed E-state index contributed by atoms with van der Waals surface area (Å²) in [7, 11) is 0. The zero-order chi connectivity index (χ0) is 11.5. The molecule has 1 fully saturated rings. The van der Waals surface area contributed by atoms with Crippen LogP contribution in [0.4, 0.5) is 0 Å². The summed E-state index contributed by atoms with van der Waals surface area (Å²) in [6.07, 6.45) is 4.37. The van der Waals surface area contributed by atoms with E-state index in [0.717, 1.165) is 18.4 Å². The van der Waals surface area contributed by atoms with E-state index in [0.29, 0.717) is 18.5 Å². The highest BCUT2D eigenvalue weighted by atomic mass is 16.1. The highest BCUT2D eigenvalue weighted by molar-refractivity contribution is 5.99. The molecule has 1 aliphatic rings. The number of Topliss-reactive ketones (excluding diaryl/α,β-unsaturated/α-hetero) is 2. The summed E-state index contributed by atoms with van der Waals surface area (Å²) in [6, 6.07) is 3.63. The molecule has 0 bridgehead atoms. The van der Waals surface area contributed by atoms with Crippen molar-refractivity contribution in [1.82, 2.24) is 4.98 Å². The van der Waals surface area contributed by atoms with Crippen molar-refractivity contribution < 1.29 is 9.59 Å². The summed E-state index contributed by atoms with van der Waals surface area (Å²) in [6.45, 7) is 1.94. The monoisotopic (exact) mass is 217 g/mol. The topological polar surface area (TPSA) is 47.0 Å². The van der Waals surface area contributed by atoms with Crippen molar-refractivity contribution in [3.8, 4) is 0 Å². The Morgan fingerprint density at radius 1 is 1.44 bits per heavy atom. The molecule has 1 atom stereocenters. The van der Waals surface area contributed by atoms with Crippen molar-refractivity contribution in [1.29, 1.82) is 0 Å². The minimum atomic E-state index is -0.142. The Morgan fingerprint density at radius 3 is 2.88 bits per heavy atom. The second-order valence-corrected chi connectivity index (χ2v) is 4.42. The van der Waals surface area contributed by atoms with Gasteiger partial charge in [-0.25, -0.2) is 0 Å². The standard InChI is InChI=1S/C13H15NO2/c1-9-5-6-12(14-8-9)13(16)10-3-2-4-11(15)7-10/h5-6,8,10H,2-4,7H2,1H3. The molecular weight excluding hydrogens is 202 g/mol. The molecular formula is C13H15NO2. The Kier molecular flexibility index (Phi) is 3.13. The quantitative estimate of drug-likeness (QED) is 0.714. The number of ketones is 2. The number of hydrogen-bond acceptors (Lipinski definition) is 3. The van der Waals surface area contributed by atoms with E-state index in [1.807, 2.05) is 13.0 Å². The zero-order valence-electron chi connectivity index (χ0n) is 9.40. The fraction of sp³-hybridized carbons (Fsp3) is 0.462. The van der Waals surface area contributed by atoms with Gasteiger partial charge in [-0.05, 0) is 31.4 Å². The lowest BCUT2D eigenvalue weighted by Crippen LogP contribution is -2.23. The number of aryl methyl sites for hydroxylation is 1. The van der Waals surface area contributed by atoms with Crippen LogP contribution in [0.25, 0.3) is 0 Å². The molecule has 16 heavy (non-hydrogen) atoms. The zero-order valence-corrected chi connectivity index (χ0v) is 9.40. The van der Waals surface area contributed by atoms with E-state index in [9.17, 15) is 9.59 Å². The Morgan fingerprint density at radius 2 is 2.25 bits per heavy atom. The van der Waals surface area contributed by atoms with Gasteiger partial charge >= 0.3 is 0 Å². The van der Waals surface area contributed by atoms with Crippen molar-refractivity contribution in [2.45, 2.75) is 32.6 Å². The Labute approximate surface area is 94.9 Å². The Balaban J connectivity index is 2.12. The maximum Gasteiger partial charge on any atom is 0.184 e. The number of pyridine rings is 1. The van der Waals surface area contributed by atoms with Crippen LogP contribution in [0.2, 0.25) is 0 Å². The minimum absolute atomic E-state index is 0.0213. The predicted molar refractivity (Wildman–Crippen MR) is 60.3 cm³/mol. The number of hydrogen-bond donors (Lipinski definition) is 0. The van der Waals surface area contributed by atoms with E-state index in [4.69, 9.17) is 0 Å². The van der Waals surface area contributed by atoms with Gasteiger partial charge in [0.2, 0.25) is 0 Å². The molecule has 1 aromatic heterocycles. The third kappa shape index (κ3) is 2.35. The van der Waals surface area contributed by atoms with Gasteiger partial charge in [0.15, 0.2) is 5.78 Å². The third-order valence-corrected chi connectivity index (χ3v) is 3.02. The smallest absolute Gasteiger partial charge is 0.184 e. The lowest BCUT2D eigenvalue weighted by atomic mass is 9.84. The molecule has 1 saturated carbocycles. The summed E-state index contributed by atoms with van der Waals surface area (Å²) in [5.41, 5.74) is 1.53. The number of nitrogens with zero attached hydrogens (tertiary/aromatic N) is 1. The normalized spacial score (nSPS) is 20.8. The van der Waals surface area contributed by atoms with Gasteiger partial charge in [0.25, 0.3) is 0 Å². The van der Waals surface area contributed by atoms with Crippen LogP contribution >= 0.6 is 0 Å². The van der Waals surface area contributed by atoms with E-state index in [2.05, 4.69) is 4.98 Å². The molecule has 3 heteroatoms. The molecule has 0 amide bonds. The number of carbonyl (C=O) groups is 2. The van der Waals surface area contributed by atoms with Crippen LogP contribution in [0.3, 0.4) is 0 Å². The van der Waals surface area contributed by atoms with Crippen molar-refractivity contribution >= 4 is 11.6 Å². The summed E-state index contributed by atoms with van der Waals surface area (Å²) in [5.74, 6) is 0.0845. The van der Waals surface area contributed by atoms with Crippen molar-refractivity contribution in [3.63, 3.8) is 0 Å². The molecule has 1 aliphatic carbocycles. The fourth-order valence-corrected chi connectivity index (χ4v) is 2.07. The van der Waals surface area contributed by atoms with Crippen LogP contribution in [0.1, 0.15) is 41.7 Å². The molecule has 1 heterocycles. The fourth-order valence-electron chi connectivity index (χ4n) is 2.07. The molecule has 1 unspecified atom stereocenters. The molecule has 1 aromatic rings. The first-order valence-electron chi connectivity index (χ1n) is 5.65. The number of carbonyl (C=O) groups excluding carboxylic acids is 2. The van der Waals surface area contributed by atoms with Crippen LogP contribution < -0.4 is 0 Å². The molecule has 0 N–H and O–H groups in total. The molecule has 84 valence electrons. The van der Waals surface area contributed by atoms with Gasteiger partial charge in [-0.15, -0.1) is 0 Å². The maximum atomic E-state index is 12.0. The van der Waals surface area contributed by atoms with Gasteiger partial charge in [0, 0.05) is 25.0 Å². The van der Waals surface area contributed by atoms with E-state index in [1.165, 1.54) is 0 Å². The summed E-state index contributed by atoms with van der Waals surface area (Å²) in [4.78, 5) is 27.5. The summed E-state index contributed by atoms with van der Waals surface area (Å²) in [5, 5.41) is 0. The minimum Gasteiger partial charge on any atom is -0.300 e. The second kappa shape index (κ2) is 4.56. The van der Waals surface area contributed by atoms with Crippen LogP contribution in [0.15, 0.2) is 18.3 Å². The number of rotatable bonds is 2. The molecule has 3 nitrogen and oxygen atoms in total. The summed E-state index contributed by atoms with van der Waals surface area (Å²) < 4.78 is 0. The highest BCUT2D eigenvalue weighted by Gasteiger charge is 2.26. The predicted octanol–water partition coefficient (Wildman–Crippen LogP) is 2.33. The average Bonchev–Trinajstić information content (AvgIpc) is 2.29. The molecule has 0 aliphatic heterocycles. The van der Waals surface area contributed by atoms with Crippen LogP contribution in [-0.2, 0) is 4.79 Å². The average molecular weight is 217 g/mol. The molecule has 0 spiro atoms. The summed E-state index contributed by atoms with van der Waals surface area (Å²) >= 11 is 0. The highest BCUT2D eigenvalue weighted by Crippen LogP contribution is 2.24. The third-order valence-electron chi connectivity index (χ3n) is 3.02. The van der Waals surface area contributed by atoms with Gasteiger partial charge in [0.05, 0.1) is 0 Å². The number of aromatic nitrogens is 1. The molecule has 2 rings (SSSR count). The lowest BCUT2D eigenvalue weighted by Gasteiger charge is -2.18. The van der Waals surface area contributed by atoms with Crippen LogP contribution in [0, 0.1) is 12.8 Å². The van der Waals surface area contributed by atoms with Crippen molar-refractivity contribution in [2.75, 3.05) is 0 Å².